The van der Waals surface area contributed by atoms with Crippen LogP contribution in [-0.4, -0.2) is 26.2 Å². The molecule has 0 aromatic carbocycles. The zero-order valence-corrected chi connectivity index (χ0v) is 17.1. The summed E-state index contributed by atoms with van der Waals surface area (Å²) in [5, 5.41) is 6.53. The fourth-order valence-corrected chi connectivity index (χ4v) is 4.06. The van der Waals surface area contributed by atoms with Crippen molar-refractivity contribution in [1.29, 1.82) is 0 Å². The maximum atomic E-state index is 13.5. The fraction of sp³-hybridized carbons (Fsp3) is 0.267. The minimum Gasteiger partial charge on any atom is -0.386 e. The summed E-state index contributed by atoms with van der Waals surface area (Å²) >= 11 is 9.82. The number of fused-ring (bicyclic) bond motifs is 1. The number of thiol groups is 1. The molecule has 0 radical (unpaired) electrons. The molecule has 3 aromatic rings. The van der Waals surface area contributed by atoms with Gasteiger partial charge in [-0.2, -0.15) is 31.4 Å². The van der Waals surface area contributed by atoms with Gasteiger partial charge in [-0.15, -0.1) is 12.6 Å². The molecule has 1 N–H and O–H groups in total. The Morgan fingerprint density at radius 3 is 2.43 bits per heavy atom. The van der Waals surface area contributed by atoms with E-state index >= 15 is 0 Å². The van der Waals surface area contributed by atoms with Crippen molar-refractivity contribution in [2.45, 2.75) is 18.9 Å². The first-order valence-corrected chi connectivity index (χ1v) is 9.53. The first kappa shape index (κ1) is 22.5. The Kier molecular flexibility index (Phi) is 5.86. The van der Waals surface area contributed by atoms with Crippen molar-refractivity contribution in [2.75, 3.05) is 7.05 Å². The molecular formula is C15H10ClF6N5OS2. The van der Waals surface area contributed by atoms with Crippen LogP contribution < -0.4 is 10.9 Å². The van der Waals surface area contributed by atoms with Crippen molar-refractivity contribution in [2.24, 2.45) is 0 Å². The molecule has 0 saturated carbocycles. The van der Waals surface area contributed by atoms with Crippen LogP contribution in [0.4, 0.5) is 26.3 Å². The Morgan fingerprint density at radius 2 is 1.93 bits per heavy atom. The molecule has 3 heterocycles. The third-order valence-electron chi connectivity index (χ3n) is 3.82. The van der Waals surface area contributed by atoms with Crippen molar-refractivity contribution in [3.63, 3.8) is 0 Å². The van der Waals surface area contributed by atoms with E-state index in [1.165, 1.54) is 7.05 Å². The molecule has 3 aromatic heterocycles. The van der Waals surface area contributed by atoms with Crippen molar-refractivity contribution in [3.8, 4) is 0 Å². The van der Waals surface area contributed by atoms with Crippen molar-refractivity contribution >= 4 is 46.2 Å². The number of nitrogens with zero attached hydrogens (tertiary/aromatic N) is 4. The molecule has 162 valence electrons. The normalized spacial score (nSPS) is 13.3. The SMILES string of the molecule is CN/C(=C\S)c1c(C(F)(F)F)sc2nc(Cn3nc(C(F)(F)F)cc3Cl)cc(=O)n12. The molecule has 3 rings (SSSR count). The number of aromatic nitrogens is 4. The number of nitrogens with one attached hydrogen (secondary N) is 1. The number of hydrogen-bond acceptors (Lipinski definition) is 6. The van der Waals surface area contributed by atoms with Gasteiger partial charge in [0.05, 0.1) is 23.6 Å². The Labute approximate surface area is 178 Å². The van der Waals surface area contributed by atoms with E-state index < -0.39 is 40.7 Å². The van der Waals surface area contributed by atoms with Crippen LogP contribution in [0.3, 0.4) is 0 Å². The molecule has 0 unspecified atom stereocenters. The highest BCUT2D eigenvalue weighted by molar-refractivity contribution is 7.83. The molecule has 0 aliphatic carbocycles. The zero-order valence-electron chi connectivity index (χ0n) is 14.6. The van der Waals surface area contributed by atoms with Gasteiger partial charge in [0.25, 0.3) is 5.56 Å². The van der Waals surface area contributed by atoms with E-state index in [0.29, 0.717) is 6.07 Å². The van der Waals surface area contributed by atoms with E-state index in [-0.39, 0.29) is 32.8 Å². The van der Waals surface area contributed by atoms with Gasteiger partial charge >= 0.3 is 12.4 Å². The second-order valence-corrected chi connectivity index (χ2v) is 7.40. The third kappa shape index (κ3) is 4.16. The minimum atomic E-state index is -4.79. The molecule has 30 heavy (non-hydrogen) atoms. The van der Waals surface area contributed by atoms with Crippen LogP contribution in [0, 0.1) is 0 Å². The molecule has 0 amide bonds. The first-order valence-electron chi connectivity index (χ1n) is 7.82. The highest BCUT2D eigenvalue weighted by Gasteiger charge is 2.39. The van der Waals surface area contributed by atoms with Crippen molar-refractivity contribution in [3.05, 3.63) is 55.0 Å². The lowest BCUT2D eigenvalue weighted by atomic mass is 10.2. The standard InChI is InChI=1S/C15H10ClF6N5OS2/c1-23-7(5-29)11-12(15(20,21)22)30-13-24-6(2-10(28)27(11)13)4-26-9(16)3-8(25-26)14(17,18)19/h2-3,5,23,29H,4H2,1H3/b7-5-. The highest BCUT2D eigenvalue weighted by atomic mass is 35.5. The quantitative estimate of drug-likeness (QED) is 0.427. The lowest BCUT2D eigenvalue weighted by Gasteiger charge is -2.11. The maximum absolute atomic E-state index is 13.5. The molecule has 0 fully saturated rings. The van der Waals surface area contributed by atoms with Gasteiger partial charge in [-0.1, -0.05) is 22.9 Å². The summed E-state index contributed by atoms with van der Waals surface area (Å²) in [6, 6.07) is 1.50. The molecule has 0 aliphatic rings. The second kappa shape index (κ2) is 7.81. The number of rotatable bonds is 4. The van der Waals surface area contributed by atoms with E-state index in [4.69, 9.17) is 11.6 Å². The minimum absolute atomic E-state index is 0.0708. The van der Waals surface area contributed by atoms with Gasteiger partial charge in [-0.25, -0.2) is 14.1 Å². The van der Waals surface area contributed by atoms with Gasteiger partial charge in [0.2, 0.25) is 0 Å². The lowest BCUT2D eigenvalue weighted by molar-refractivity contribution is -0.141. The number of halogens is 7. The molecule has 0 saturated heterocycles. The zero-order chi connectivity index (χ0) is 22.4. The Bertz CT molecular complexity index is 1190. The summed E-state index contributed by atoms with van der Waals surface area (Å²) < 4.78 is 80.3. The highest BCUT2D eigenvalue weighted by Crippen LogP contribution is 2.39. The van der Waals surface area contributed by atoms with Crippen LogP contribution in [0.15, 0.2) is 22.3 Å². The summed E-state index contributed by atoms with van der Waals surface area (Å²) in [4.78, 5) is 15.2. The van der Waals surface area contributed by atoms with Crippen LogP contribution in [0.2, 0.25) is 5.15 Å². The van der Waals surface area contributed by atoms with Gasteiger partial charge < -0.3 is 5.32 Å². The average Bonchev–Trinajstić information content (AvgIpc) is 3.18. The maximum Gasteiger partial charge on any atom is 0.435 e. The van der Waals surface area contributed by atoms with Crippen LogP contribution >= 0.6 is 35.6 Å². The smallest absolute Gasteiger partial charge is 0.386 e. The molecule has 0 bridgehead atoms. The molecule has 0 atom stereocenters. The number of hydrogen-bond donors (Lipinski definition) is 2. The van der Waals surface area contributed by atoms with Gasteiger partial charge in [-0.3, -0.25) is 4.79 Å². The van der Waals surface area contributed by atoms with Gasteiger partial charge in [0.15, 0.2) is 10.7 Å². The second-order valence-electron chi connectivity index (χ2n) is 5.78. The van der Waals surface area contributed by atoms with Crippen LogP contribution in [-0.2, 0) is 18.9 Å². The van der Waals surface area contributed by atoms with E-state index in [0.717, 1.165) is 20.6 Å². The predicted molar refractivity (Wildman–Crippen MR) is 102 cm³/mol. The summed E-state index contributed by atoms with van der Waals surface area (Å²) in [6.45, 7) is -0.448. The van der Waals surface area contributed by atoms with E-state index in [1.807, 2.05) is 0 Å². The molecule has 6 nitrogen and oxygen atoms in total. The van der Waals surface area contributed by atoms with Crippen LogP contribution in [0.5, 0.6) is 0 Å². The predicted octanol–water partition coefficient (Wildman–Crippen LogP) is 4.14. The van der Waals surface area contributed by atoms with Gasteiger partial charge in [0.1, 0.15) is 10.0 Å². The lowest BCUT2D eigenvalue weighted by Crippen LogP contribution is -2.21. The largest absolute Gasteiger partial charge is 0.435 e. The van der Waals surface area contributed by atoms with Crippen molar-refractivity contribution in [1.82, 2.24) is 24.5 Å². The first-order chi connectivity index (χ1) is 13.9. The summed E-state index contributed by atoms with van der Waals surface area (Å²) in [5.41, 5.74) is -2.76. The van der Waals surface area contributed by atoms with Crippen LogP contribution in [0.25, 0.3) is 10.7 Å². The molecule has 15 heteroatoms. The topological polar surface area (TPSA) is 64.2 Å². The Balaban J connectivity index is 2.16. The van der Waals surface area contributed by atoms with E-state index in [2.05, 4.69) is 28.0 Å². The summed E-state index contributed by atoms with van der Waals surface area (Å²) in [7, 11) is 1.36. The summed E-state index contributed by atoms with van der Waals surface area (Å²) in [5.74, 6) is 0. The molecule has 0 spiro atoms. The molecule has 0 aliphatic heterocycles. The molecular weight excluding hydrogens is 480 g/mol. The third-order valence-corrected chi connectivity index (χ3v) is 5.46. The average molecular weight is 490 g/mol. The van der Waals surface area contributed by atoms with Gasteiger partial charge in [0, 0.05) is 19.2 Å². The fourth-order valence-electron chi connectivity index (χ4n) is 2.58. The number of thiazole rings is 1. The monoisotopic (exact) mass is 489 g/mol. The Hall–Kier alpha value is -2.19. The summed E-state index contributed by atoms with van der Waals surface area (Å²) in [6.07, 6.45) is -9.52. The van der Waals surface area contributed by atoms with E-state index in [1.54, 1.807) is 0 Å². The number of alkyl halides is 6. The van der Waals surface area contributed by atoms with Crippen molar-refractivity contribution < 1.29 is 26.3 Å². The van der Waals surface area contributed by atoms with Gasteiger partial charge in [-0.05, 0) is 5.41 Å². The Morgan fingerprint density at radius 1 is 1.27 bits per heavy atom. The van der Waals surface area contributed by atoms with E-state index in [9.17, 15) is 31.1 Å². The van der Waals surface area contributed by atoms with Crippen LogP contribution in [0.1, 0.15) is 22.0 Å².